The molecule has 3 rings (SSSR count). The van der Waals surface area contributed by atoms with Crippen molar-refractivity contribution in [2.75, 3.05) is 36.1 Å². The fourth-order valence-electron chi connectivity index (χ4n) is 3.02. The minimum Gasteiger partial charge on any atom is -0.392 e. The summed E-state index contributed by atoms with van der Waals surface area (Å²) in [6.45, 7) is 4.35. The monoisotopic (exact) mass is 340 g/mol. The van der Waals surface area contributed by atoms with Crippen LogP contribution in [-0.4, -0.2) is 43.4 Å². The number of aliphatic hydroxyl groups excluding tert-OH is 1. The molecule has 0 aliphatic carbocycles. The maximum Gasteiger partial charge on any atom is 0.253 e. The third kappa shape index (κ3) is 4.59. The Bertz CT molecular complexity index is 686. The van der Waals surface area contributed by atoms with Crippen LogP contribution in [0.5, 0.6) is 0 Å². The molecule has 1 fully saturated rings. The van der Waals surface area contributed by atoms with Crippen LogP contribution in [0, 0.1) is 0 Å². The SMILES string of the molecule is C[C@H](O)CN(Cc1ccccc1)c1ccc(N2CCOCC2=O)cc1. The van der Waals surface area contributed by atoms with Crippen molar-refractivity contribution in [1.82, 2.24) is 0 Å². The molecular formula is C20H24N2O3. The van der Waals surface area contributed by atoms with E-state index in [-0.39, 0.29) is 12.5 Å². The molecule has 1 heterocycles. The van der Waals surface area contributed by atoms with Gasteiger partial charge in [0.25, 0.3) is 5.91 Å². The number of anilines is 2. The fourth-order valence-corrected chi connectivity index (χ4v) is 3.02. The van der Waals surface area contributed by atoms with Crippen LogP contribution in [0.4, 0.5) is 11.4 Å². The lowest BCUT2D eigenvalue weighted by Crippen LogP contribution is -2.41. The second-order valence-corrected chi connectivity index (χ2v) is 6.33. The Hall–Kier alpha value is -2.37. The summed E-state index contributed by atoms with van der Waals surface area (Å²) in [6.07, 6.45) is -0.427. The molecule has 2 aromatic rings. The predicted octanol–water partition coefficient (Wildman–Crippen LogP) is 2.44. The molecule has 132 valence electrons. The van der Waals surface area contributed by atoms with Crippen LogP contribution < -0.4 is 9.80 Å². The number of morpholine rings is 1. The Kier molecular flexibility index (Phi) is 5.68. The van der Waals surface area contributed by atoms with Crippen LogP contribution in [0.1, 0.15) is 12.5 Å². The first-order chi connectivity index (χ1) is 12.1. The molecule has 0 radical (unpaired) electrons. The van der Waals surface area contributed by atoms with E-state index in [9.17, 15) is 9.90 Å². The molecule has 0 spiro atoms. The van der Waals surface area contributed by atoms with Crippen LogP contribution in [0.3, 0.4) is 0 Å². The number of nitrogens with zero attached hydrogens (tertiary/aromatic N) is 2. The van der Waals surface area contributed by atoms with Crippen molar-refractivity contribution in [1.29, 1.82) is 0 Å². The van der Waals surface area contributed by atoms with Gasteiger partial charge in [-0.15, -0.1) is 0 Å². The number of carbonyl (C=O) groups is 1. The number of carbonyl (C=O) groups excluding carboxylic acids is 1. The van der Waals surface area contributed by atoms with E-state index in [1.165, 1.54) is 5.56 Å². The van der Waals surface area contributed by atoms with E-state index in [1.54, 1.807) is 11.8 Å². The summed E-state index contributed by atoms with van der Waals surface area (Å²) < 4.78 is 5.18. The van der Waals surface area contributed by atoms with Gasteiger partial charge in [0.05, 0.1) is 12.7 Å². The van der Waals surface area contributed by atoms with Gasteiger partial charge in [0.15, 0.2) is 0 Å². The van der Waals surface area contributed by atoms with Gasteiger partial charge in [-0.1, -0.05) is 30.3 Å². The third-order valence-electron chi connectivity index (χ3n) is 4.21. The zero-order valence-corrected chi connectivity index (χ0v) is 14.5. The van der Waals surface area contributed by atoms with Gasteiger partial charge >= 0.3 is 0 Å². The lowest BCUT2D eigenvalue weighted by molar-refractivity contribution is -0.125. The molecule has 1 N–H and O–H groups in total. The van der Waals surface area contributed by atoms with Crippen molar-refractivity contribution in [2.45, 2.75) is 19.6 Å². The highest BCUT2D eigenvalue weighted by atomic mass is 16.5. The van der Waals surface area contributed by atoms with Crippen molar-refractivity contribution in [3.8, 4) is 0 Å². The number of rotatable bonds is 6. The zero-order valence-electron chi connectivity index (χ0n) is 14.5. The maximum atomic E-state index is 12.0. The lowest BCUT2D eigenvalue weighted by atomic mass is 10.1. The summed E-state index contributed by atoms with van der Waals surface area (Å²) in [4.78, 5) is 15.9. The van der Waals surface area contributed by atoms with Gasteiger partial charge < -0.3 is 19.6 Å². The van der Waals surface area contributed by atoms with Crippen molar-refractivity contribution >= 4 is 17.3 Å². The molecule has 0 saturated carbocycles. The van der Waals surface area contributed by atoms with E-state index in [4.69, 9.17) is 4.74 Å². The average Bonchev–Trinajstić information content (AvgIpc) is 2.62. The molecule has 1 aliphatic heterocycles. The van der Waals surface area contributed by atoms with Crippen LogP contribution in [0.15, 0.2) is 54.6 Å². The molecule has 0 aromatic heterocycles. The number of hydrogen-bond donors (Lipinski definition) is 1. The van der Waals surface area contributed by atoms with Crippen molar-refractivity contribution < 1.29 is 14.6 Å². The van der Waals surface area contributed by atoms with E-state index in [0.717, 1.165) is 17.9 Å². The first kappa shape index (κ1) is 17.5. The molecule has 5 nitrogen and oxygen atoms in total. The summed E-state index contributed by atoms with van der Waals surface area (Å²) in [5.41, 5.74) is 3.10. The highest BCUT2D eigenvalue weighted by molar-refractivity contribution is 5.95. The molecule has 1 amide bonds. The molecule has 1 saturated heterocycles. The van der Waals surface area contributed by atoms with Gasteiger partial charge in [0.1, 0.15) is 6.61 Å². The van der Waals surface area contributed by atoms with Gasteiger partial charge in [-0.05, 0) is 36.8 Å². The van der Waals surface area contributed by atoms with E-state index in [2.05, 4.69) is 17.0 Å². The zero-order chi connectivity index (χ0) is 17.6. The highest BCUT2D eigenvalue weighted by Crippen LogP contribution is 2.23. The summed E-state index contributed by atoms with van der Waals surface area (Å²) in [7, 11) is 0. The molecule has 5 heteroatoms. The van der Waals surface area contributed by atoms with E-state index in [0.29, 0.717) is 19.7 Å². The Morgan fingerprint density at radius 2 is 1.88 bits per heavy atom. The second kappa shape index (κ2) is 8.14. The van der Waals surface area contributed by atoms with E-state index in [1.807, 2.05) is 42.5 Å². The standard InChI is InChI=1S/C20H24N2O3/c1-16(23)13-21(14-17-5-3-2-4-6-17)18-7-9-19(10-8-18)22-11-12-25-15-20(22)24/h2-10,16,23H,11-15H2,1H3/t16-/m0/s1. The summed E-state index contributed by atoms with van der Waals surface area (Å²) in [5, 5.41) is 9.85. The number of ether oxygens (including phenoxy) is 1. The first-order valence-electron chi connectivity index (χ1n) is 8.58. The normalized spacial score (nSPS) is 15.9. The van der Waals surface area contributed by atoms with E-state index < -0.39 is 6.10 Å². The molecule has 1 aliphatic rings. The van der Waals surface area contributed by atoms with Crippen LogP contribution in [0.25, 0.3) is 0 Å². The van der Waals surface area contributed by atoms with Crippen LogP contribution in [-0.2, 0) is 16.1 Å². The van der Waals surface area contributed by atoms with Crippen LogP contribution in [0.2, 0.25) is 0 Å². The lowest BCUT2D eigenvalue weighted by Gasteiger charge is -2.29. The smallest absolute Gasteiger partial charge is 0.253 e. The molecule has 1 atom stereocenters. The minimum atomic E-state index is -0.427. The number of hydrogen-bond acceptors (Lipinski definition) is 4. The Morgan fingerprint density at radius 1 is 1.16 bits per heavy atom. The van der Waals surface area contributed by atoms with Crippen molar-refractivity contribution in [3.05, 3.63) is 60.2 Å². The van der Waals surface area contributed by atoms with E-state index >= 15 is 0 Å². The minimum absolute atomic E-state index is 0.0101. The van der Waals surface area contributed by atoms with Crippen molar-refractivity contribution in [3.63, 3.8) is 0 Å². The number of benzene rings is 2. The average molecular weight is 340 g/mol. The van der Waals surface area contributed by atoms with Gasteiger partial charge in [0.2, 0.25) is 0 Å². The topological polar surface area (TPSA) is 53.0 Å². The second-order valence-electron chi connectivity index (χ2n) is 6.33. The maximum absolute atomic E-state index is 12.0. The molecule has 2 aromatic carbocycles. The summed E-state index contributed by atoms with van der Waals surface area (Å²) in [6, 6.07) is 18.1. The molecule has 25 heavy (non-hydrogen) atoms. The Morgan fingerprint density at radius 3 is 2.52 bits per heavy atom. The highest BCUT2D eigenvalue weighted by Gasteiger charge is 2.20. The van der Waals surface area contributed by atoms with Gasteiger partial charge in [0, 0.05) is 31.0 Å². The first-order valence-corrected chi connectivity index (χ1v) is 8.58. The van der Waals surface area contributed by atoms with Gasteiger partial charge in [-0.3, -0.25) is 4.79 Å². The number of amides is 1. The largest absolute Gasteiger partial charge is 0.392 e. The molecule has 0 bridgehead atoms. The van der Waals surface area contributed by atoms with Crippen LogP contribution >= 0.6 is 0 Å². The fraction of sp³-hybridized carbons (Fsp3) is 0.350. The number of aliphatic hydroxyl groups is 1. The molecule has 0 unspecified atom stereocenters. The quantitative estimate of drug-likeness (QED) is 0.878. The summed E-state index contributed by atoms with van der Waals surface area (Å²) in [5.74, 6) is -0.0101. The predicted molar refractivity (Wildman–Crippen MR) is 98.8 cm³/mol. The van der Waals surface area contributed by atoms with Gasteiger partial charge in [-0.2, -0.15) is 0 Å². The molecular weight excluding hydrogens is 316 g/mol. The van der Waals surface area contributed by atoms with Crippen molar-refractivity contribution in [2.24, 2.45) is 0 Å². The third-order valence-corrected chi connectivity index (χ3v) is 4.21. The Labute approximate surface area is 148 Å². The summed E-state index contributed by atoms with van der Waals surface area (Å²) >= 11 is 0. The Balaban J connectivity index is 1.77. The van der Waals surface area contributed by atoms with Gasteiger partial charge in [-0.25, -0.2) is 0 Å².